The summed E-state index contributed by atoms with van der Waals surface area (Å²) in [7, 11) is 0. The lowest BCUT2D eigenvalue weighted by molar-refractivity contribution is 0.964. The third-order valence-corrected chi connectivity index (χ3v) is 2.19. The highest BCUT2D eigenvalue weighted by molar-refractivity contribution is 7.98. The van der Waals surface area contributed by atoms with Crippen LogP contribution in [0.15, 0.2) is 23.3 Å². The van der Waals surface area contributed by atoms with Gasteiger partial charge in [0.15, 0.2) is 0 Å². The van der Waals surface area contributed by atoms with Crippen LogP contribution in [-0.2, 0) is 0 Å². The molecule has 0 heterocycles. The summed E-state index contributed by atoms with van der Waals surface area (Å²) in [6, 6.07) is 0. The van der Waals surface area contributed by atoms with Gasteiger partial charge in [-0.3, -0.25) is 0 Å². The fourth-order valence-corrected chi connectivity index (χ4v) is 1.37. The van der Waals surface area contributed by atoms with Crippen LogP contribution in [0.4, 0.5) is 0 Å². The number of hydrogen-bond acceptors (Lipinski definition) is 1. The summed E-state index contributed by atoms with van der Waals surface area (Å²) in [5, 5.41) is 0. The number of allylic oxidation sites excluding steroid dienone is 3. The average molecular weight is 184 g/mol. The molecule has 0 atom stereocenters. The highest BCUT2D eigenvalue weighted by Gasteiger charge is 1.87. The van der Waals surface area contributed by atoms with Crippen LogP contribution in [0.5, 0.6) is 0 Å². The van der Waals surface area contributed by atoms with Crippen molar-refractivity contribution >= 4 is 11.8 Å². The van der Waals surface area contributed by atoms with Crippen LogP contribution >= 0.6 is 11.8 Å². The van der Waals surface area contributed by atoms with Crippen molar-refractivity contribution in [3.8, 4) is 0 Å². The van der Waals surface area contributed by atoms with Crippen molar-refractivity contribution in [3.05, 3.63) is 23.3 Å². The van der Waals surface area contributed by atoms with E-state index in [0.29, 0.717) is 0 Å². The van der Waals surface area contributed by atoms with E-state index in [1.54, 1.807) is 0 Å². The minimum atomic E-state index is 1.15. The summed E-state index contributed by atoms with van der Waals surface area (Å²) >= 11 is 1.88. The quantitative estimate of drug-likeness (QED) is 0.581. The maximum atomic E-state index is 2.32. The van der Waals surface area contributed by atoms with Crippen LogP contribution in [0.2, 0.25) is 0 Å². The molecule has 0 nitrogen and oxygen atoms in total. The second-order valence-electron chi connectivity index (χ2n) is 3.33. The fourth-order valence-electron chi connectivity index (χ4n) is 0.916. The van der Waals surface area contributed by atoms with Crippen LogP contribution in [-0.4, -0.2) is 12.0 Å². The molecular formula is C11H20S. The van der Waals surface area contributed by atoms with Gasteiger partial charge in [0.1, 0.15) is 0 Å². The molecular weight excluding hydrogens is 164 g/mol. The van der Waals surface area contributed by atoms with E-state index in [4.69, 9.17) is 0 Å². The van der Waals surface area contributed by atoms with Crippen molar-refractivity contribution in [2.24, 2.45) is 0 Å². The summed E-state index contributed by atoms with van der Waals surface area (Å²) < 4.78 is 0. The Morgan fingerprint density at radius 2 is 1.83 bits per heavy atom. The normalized spacial score (nSPS) is 11.5. The van der Waals surface area contributed by atoms with Crippen LogP contribution in [0.25, 0.3) is 0 Å². The zero-order chi connectivity index (χ0) is 9.40. The molecule has 0 aromatic carbocycles. The van der Waals surface area contributed by atoms with Crippen molar-refractivity contribution in [3.63, 3.8) is 0 Å². The summed E-state index contributed by atoms with van der Waals surface area (Å²) in [5.41, 5.74) is 2.94. The number of hydrogen-bond donors (Lipinski definition) is 0. The molecule has 12 heavy (non-hydrogen) atoms. The molecule has 0 N–H and O–H groups in total. The second-order valence-corrected chi connectivity index (χ2v) is 4.24. The molecule has 0 amide bonds. The van der Waals surface area contributed by atoms with E-state index in [-0.39, 0.29) is 0 Å². The maximum absolute atomic E-state index is 2.32. The van der Waals surface area contributed by atoms with Gasteiger partial charge in [0, 0.05) is 5.75 Å². The van der Waals surface area contributed by atoms with E-state index in [2.05, 4.69) is 39.2 Å². The topological polar surface area (TPSA) is 0 Å². The molecule has 0 unspecified atom stereocenters. The lowest BCUT2D eigenvalue weighted by Crippen LogP contribution is -1.78. The third kappa shape index (κ3) is 7.93. The Labute approximate surface area is 81.1 Å². The first-order chi connectivity index (χ1) is 5.66. The molecule has 0 bridgehead atoms. The van der Waals surface area contributed by atoms with E-state index in [1.807, 2.05) is 11.8 Å². The molecule has 1 heteroatoms. The van der Waals surface area contributed by atoms with Crippen LogP contribution < -0.4 is 0 Å². The Kier molecular flexibility index (Phi) is 7.37. The lowest BCUT2D eigenvalue weighted by atomic mass is 10.1. The smallest absolute Gasteiger partial charge is 0.0113 e. The predicted octanol–water partition coefficient (Wildman–Crippen LogP) is 4.04. The van der Waals surface area contributed by atoms with E-state index < -0.39 is 0 Å². The number of rotatable bonds is 5. The minimum Gasteiger partial charge on any atom is -0.161 e. The zero-order valence-corrected chi connectivity index (χ0v) is 9.50. The number of thioether (sulfide) groups is 1. The molecule has 0 aliphatic rings. The van der Waals surface area contributed by atoms with Crippen molar-refractivity contribution in [2.75, 3.05) is 12.0 Å². The molecule has 0 aromatic heterocycles. The Balaban J connectivity index is 3.56. The van der Waals surface area contributed by atoms with Gasteiger partial charge in [0.05, 0.1) is 0 Å². The molecule has 0 aliphatic heterocycles. The largest absolute Gasteiger partial charge is 0.161 e. The van der Waals surface area contributed by atoms with Crippen molar-refractivity contribution in [2.45, 2.75) is 33.6 Å². The van der Waals surface area contributed by atoms with E-state index >= 15 is 0 Å². The summed E-state index contributed by atoms with van der Waals surface area (Å²) in [4.78, 5) is 0. The molecule has 0 radical (unpaired) electrons. The standard InChI is InChI=1S/C11H20S/c1-10(2)6-5-7-11(3)8-9-12-4/h6,8H,5,7,9H2,1-4H3/b11-8+. The van der Waals surface area contributed by atoms with Crippen LogP contribution in [0, 0.1) is 0 Å². The highest BCUT2D eigenvalue weighted by atomic mass is 32.2. The van der Waals surface area contributed by atoms with Crippen LogP contribution in [0.3, 0.4) is 0 Å². The van der Waals surface area contributed by atoms with Crippen molar-refractivity contribution < 1.29 is 0 Å². The molecule has 0 rings (SSSR count). The lowest BCUT2D eigenvalue weighted by Gasteiger charge is -1.97. The average Bonchev–Trinajstić information content (AvgIpc) is 2.00. The Bertz CT molecular complexity index is 162. The van der Waals surface area contributed by atoms with Gasteiger partial charge in [-0.2, -0.15) is 11.8 Å². The minimum absolute atomic E-state index is 1.15. The Morgan fingerprint density at radius 1 is 1.17 bits per heavy atom. The third-order valence-electron chi connectivity index (χ3n) is 1.69. The van der Waals surface area contributed by atoms with Gasteiger partial charge in [0.25, 0.3) is 0 Å². The van der Waals surface area contributed by atoms with E-state index in [9.17, 15) is 0 Å². The zero-order valence-electron chi connectivity index (χ0n) is 8.68. The molecule has 0 saturated carbocycles. The maximum Gasteiger partial charge on any atom is 0.0113 e. The molecule has 0 fully saturated rings. The van der Waals surface area contributed by atoms with Crippen molar-refractivity contribution in [1.29, 1.82) is 0 Å². The van der Waals surface area contributed by atoms with Gasteiger partial charge in [-0.15, -0.1) is 0 Å². The predicted molar refractivity (Wildman–Crippen MR) is 60.8 cm³/mol. The summed E-state index contributed by atoms with van der Waals surface area (Å²) in [5.74, 6) is 1.15. The van der Waals surface area contributed by atoms with Gasteiger partial charge >= 0.3 is 0 Å². The molecule has 0 saturated heterocycles. The fraction of sp³-hybridized carbons (Fsp3) is 0.636. The monoisotopic (exact) mass is 184 g/mol. The SMILES string of the molecule is CSC/C=C(\C)CCC=C(C)C. The second kappa shape index (κ2) is 7.48. The Hall–Kier alpha value is -0.170. The first kappa shape index (κ1) is 11.8. The first-order valence-corrected chi connectivity index (χ1v) is 5.84. The summed E-state index contributed by atoms with van der Waals surface area (Å²) in [6.45, 7) is 6.52. The van der Waals surface area contributed by atoms with Gasteiger partial charge in [0.2, 0.25) is 0 Å². The van der Waals surface area contributed by atoms with E-state index in [0.717, 1.165) is 5.75 Å². The van der Waals surface area contributed by atoms with Crippen LogP contribution in [0.1, 0.15) is 33.6 Å². The first-order valence-electron chi connectivity index (χ1n) is 4.44. The summed E-state index contributed by atoms with van der Waals surface area (Å²) in [6.07, 6.45) is 9.17. The van der Waals surface area contributed by atoms with Gasteiger partial charge in [-0.05, 0) is 39.9 Å². The van der Waals surface area contributed by atoms with Gasteiger partial charge in [-0.25, -0.2) is 0 Å². The highest BCUT2D eigenvalue weighted by Crippen LogP contribution is 2.07. The molecule has 0 spiro atoms. The Morgan fingerprint density at radius 3 is 2.33 bits per heavy atom. The van der Waals surface area contributed by atoms with Crippen molar-refractivity contribution in [1.82, 2.24) is 0 Å². The molecule has 70 valence electrons. The molecule has 0 aromatic rings. The molecule has 0 aliphatic carbocycles. The van der Waals surface area contributed by atoms with E-state index in [1.165, 1.54) is 24.0 Å². The van der Waals surface area contributed by atoms with Gasteiger partial charge in [-0.1, -0.05) is 23.3 Å². The van der Waals surface area contributed by atoms with Gasteiger partial charge < -0.3 is 0 Å².